The molecule has 0 fully saturated rings. The van der Waals surface area contributed by atoms with Crippen molar-refractivity contribution in [3.8, 4) is 0 Å². The number of nitrogens with zero attached hydrogens (tertiary/aromatic N) is 9. The molecule has 28 heteroatoms. The lowest BCUT2D eigenvalue weighted by atomic mass is 10.1. The summed E-state index contributed by atoms with van der Waals surface area (Å²) in [6.45, 7) is 8.77. The van der Waals surface area contributed by atoms with Crippen molar-refractivity contribution in [1.29, 1.82) is 0 Å². The average molecular weight is 1320 g/mol. The van der Waals surface area contributed by atoms with Crippen molar-refractivity contribution in [2.24, 2.45) is 34.4 Å². The Morgan fingerprint density at radius 3 is 1.26 bits per heavy atom. The second-order valence-electron chi connectivity index (χ2n) is 23.5. The van der Waals surface area contributed by atoms with Gasteiger partial charge < -0.3 is 90.1 Å². The number of nitrogens with two attached hydrogens (primary N) is 9. The number of pyridine rings is 4. The van der Waals surface area contributed by atoms with E-state index in [-0.39, 0.29) is 57.6 Å². The SMILES string of the molecule is CC(N)Cn1c2ccccc2c2cc(C(N)=O)c(N)nc21.CN(CCn1c2ccccc2c2cc(C(N)=O)c(N)nc21)Cc1ccccc1.CNCCn1c2ccccc2c2cc(C(N)=O)c(NC(N)=O)nc21.COC(=O)NC(C)Cn1c2ccccc2c2cc(C(N)=O)c(N)nc21. The maximum Gasteiger partial charge on any atom is 0.407 e. The molecule has 5 aromatic carbocycles. The summed E-state index contributed by atoms with van der Waals surface area (Å²) in [4.78, 5) is 89.1. The summed E-state index contributed by atoms with van der Waals surface area (Å²) in [5.41, 5.74) is 59.3. The number of urea groups is 1. The lowest BCUT2D eigenvalue weighted by molar-refractivity contribution is 0.0992. The van der Waals surface area contributed by atoms with E-state index in [2.05, 4.69) is 87.5 Å². The number of likely N-dealkylation sites (N-methyl/N-ethyl adjacent to an activating group) is 2. The van der Waals surface area contributed by atoms with Gasteiger partial charge >= 0.3 is 12.1 Å². The molecule has 504 valence electrons. The molecular weight excluding hydrogens is 1250 g/mol. The Bertz CT molecular complexity index is 5210. The van der Waals surface area contributed by atoms with Crippen molar-refractivity contribution < 1.29 is 33.5 Å². The highest BCUT2D eigenvalue weighted by Crippen LogP contribution is 2.35. The first kappa shape index (κ1) is 68.5. The number of hydrogen-bond donors (Lipinski definition) is 12. The molecular formula is C70H77N21O7. The van der Waals surface area contributed by atoms with Gasteiger partial charge in [0.25, 0.3) is 23.6 Å². The molecule has 28 nitrogen and oxygen atoms in total. The summed E-state index contributed by atoms with van der Waals surface area (Å²) < 4.78 is 12.8. The Hall–Kier alpha value is -12.4. The van der Waals surface area contributed by atoms with Gasteiger partial charge in [0.2, 0.25) is 0 Å². The van der Waals surface area contributed by atoms with Crippen molar-refractivity contribution in [2.45, 2.75) is 58.7 Å². The third-order valence-electron chi connectivity index (χ3n) is 16.4. The Kier molecular flexibility index (Phi) is 20.6. The first-order valence-electron chi connectivity index (χ1n) is 31.1. The van der Waals surface area contributed by atoms with E-state index < -0.39 is 35.8 Å². The molecule has 8 aromatic heterocycles. The molecule has 0 aliphatic heterocycles. The third-order valence-corrected chi connectivity index (χ3v) is 16.4. The number of fused-ring (bicyclic) bond motifs is 12. The molecule has 0 aliphatic carbocycles. The predicted octanol–water partition coefficient (Wildman–Crippen LogP) is 6.83. The number of carbonyl (C=O) groups excluding carboxylic acids is 6. The van der Waals surface area contributed by atoms with Crippen LogP contribution in [-0.2, 0) is 37.5 Å². The van der Waals surface area contributed by atoms with Crippen molar-refractivity contribution in [3.05, 3.63) is 179 Å². The minimum absolute atomic E-state index is 0.0251. The fraction of sp³-hybridized carbons (Fsp3) is 0.200. The van der Waals surface area contributed by atoms with Gasteiger partial charge in [-0.25, -0.2) is 29.5 Å². The predicted molar refractivity (Wildman–Crippen MR) is 385 cm³/mol. The molecule has 13 aromatic rings. The number of methoxy groups -OCH3 is 1. The average Bonchev–Trinajstić information content (AvgIpc) is 1.63. The van der Waals surface area contributed by atoms with Gasteiger partial charge in [0.05, 0.1) is 51.4 Å². The number of benzene rings is 5. The summed E-state index contributed by atoms with van der Waals surface area (Å²) in [7, 11) is 5.29. The second kappa shape index (κ2) is 29.5. The van der Waals surface area contributed by atoms with Crippen LogP contribution in [0.15, 0.2) is 152 Å². The fourth-order valence-electron chi connectivity index (χ4n) is 12.0. The molecule has 0 aliphatic rings. The first-order valence-corrected chi connectivity index (χ1v) is 31.1. The standard InChI is InChI=1S/C22H23N5O.C17H19N5O3.C16H18N6O2.C15H17N5O/c1-26(14-15-7-3-2-4-8-15)11-12-27-19-10-6-5-9-16(19)17-13-18(21(24)28)20(23)25-22(17)27;1-9(20-17(24)25-2)8-22-13-6-4-3-5-10(13)11-7-12(15(19)23)14(18)21-16(11)22;1-19-6-7-22-12-5-3-2-4-9(12)10-8-11(13(17)23)14(20-15(10)22)21-16(18)24;1-8(16)7-20-12-5-3-2-4-9(12)10-6-11(14(18)21)13(17)19-15(10)20/h2-10,13H,11-12,14H2,1H3,(H2,23,25)(H2,24,28);3-7,9H,8H2,1-2H3,(H2,18,21)(H2,19,23)(H,20,24);2-5,8,19H,6-7H2,1H3,(H2,17,23)(H3,18,20,21,24);2-6,8H,7,16H2,1H3,(H2,17,19)(H2,18,21). The molecule has 2 atom stereocenters. The van der Waals surface area contributed by atoms with Crippen LogP contribution in [0.25, 0.3) is 87.7 Å². The normalized spacial score (nSPS) is 11.9. The van der Waals surface area contributed by atoms with Crippen molar-refractivity contribution in [2.75, 3.05) is 56.8 Å². The fourth-order valence-corrected chi connectivity index (χ4v) is 12.0. The zero-order valence-electron chi connectivity index (χ0n) is 54.6. The van der Waals surface area contributed by atoms with Gasteiger partial charge in [-0.05, 0) is 82.0 Å². The molecule has 21 N–H and O–H groups in total. The second-order valence-corrected chi connectivity index (χ2v) is 23.5. The largest absolute Gasteiger partial charge is 0.453 e. The van der Waals surface area contributed by atoms with Crippen LogP contribution < -0.4 is 67.6 Å². The van der Waals surface area contributed by atoms with E-state index in [1.54, 1.807) is 24.3 Å². The van der Waals surface area contributed by atoms with Gasteiger partial charge in [-0.1, -0.05) is 103 Å². The lowest BCUT2D eigenvalue weighted by Gasteiger charge is -2.18. The van der Waals surface area contributed by atoms with Gasteiger partial charge in [0.1, 0.15) is 45.9 Å². The molecule has 0 spiro atoms. The molecule has 2 unspecified atom stereocenters. The van der Waals surface area contributed by atoms with Gasteiger partial charge in [-0.3, -0.25) is 24.5 Å². The number of alkyl carbamates (subject to hydrolysis) is 1. The molecule has 13 rings (SSSR count). The summed E-state index contributed by atoms with van der Waals surface area (Å²) in [5, 5.41) is 15.5. The summed E-state index contributed by atoms with van der Waals surface area (Å²) >= 11 is 0. The minimum Gasteiger partial charge on any atom is -0.453 e. The molecule has 8 heterocycles. The maximum atomic E-state index is 11.7. The Morgan fingerprint density at radius 1 is 0.490 bits per heavy atom. The maximum absolute atomic E-state index is 11.7. The molecule has 0 radical (unpaired) electrons. The van der Waals surface area contributed by atoms with Crippen LogP contribution in [0, 0.1) is 0 Å². The number of carbonyl (C=O) groups is 6. The number of ether oxygens (including phenoxy) is 1. The van der Waals surface area contributed by atoms with Crippen LogP contribution >= 0.6 is 0 Å². The quantitative estimate of drug-likeness (QED) is 0.0418. The van der Waals surface area contributed by atoms with Gasteiger partial charge in [-0.15, -0.1) is 0 Å². The van der Waals surface area contributed by atoms with Gasteiger partial charge in [-0.2, -0.15) is 0 Å². The smallest absolute Gasteiger partial charge is 0.407 e. The molecule has 0 bridgehead atoms. The highest BCUT2D eigenvalue weighted by molar-refractivity contribution is 6.15. The molecule has 7 amide bonds. The number of primary amides is 5. The van der Waals surface area contributed by atoms with Crippen molar-refractivity contribution in [3.63, 3.8) is 0 Å². The highest BCUT2D eigenvalue weighted by Gasteiger charge is 2.23. The molecule has 98 heavy (non-hydrogen) atoms. The van der Waals surface area contributed by atoms with E-state index in [4.69, 9.17) is 51.6 Å². The topological polar surface area (TPSA) is 456 Å². The number of nitrogen functional groups attached to an aromatic ring is 3. The van der Waals surface area contributed by atoms with Crippen LogP contribution in [0.1, 0.15) is 60.8 Å². The molecule has 0 saturated carbocycles. The number of anilines is 4. The Labute approximate surface area is 561 Å². The zero-order chi connectivity index (χ0) is 70.2. The van der Waals surface area contributed by atoms with E-state index in [1.807, 2.05) is 132 Å². The van der Waals surface area contributed by atoms with E-state index in [1.165, 1.54) is 12.7 Å². The zero-order valence-corrected chi connectivity index (χ0v) is 54.6. The van der Waals surface area contributed by atoms with Crippen LogP contribution in [-0.4, -0.2) is 125 Å². The summed E-state index contributed by atoms with van der Waals surface area (Å²) in [5.74, 6) is -1.99. The van der Waals surface area contributed by atoms with Crippen LogP contribution in [0.2, 0.25) is 0 Å². The van der Waals surface area contributed by atoms with Crippen molar-refractivity contribution >= 4 is 147 Å². The monoisotopic (exact) mass is 1320 g/mol. The summed E-state index contributed by atoms with van der Waals surface area (Å²) in [6, 6.07) is 47.6. The number of rotatable bonds is 18. The van der Waals surface area contributed by atoms with Crippen molar-refractivity contribution in [1.82, 2.24) is 53.7 Å². The number of aromatic nitrogens is 8. The summed E-state index contributed by atoms with van der Waals surface area (Å²) in [6.07, 6.45) is -0.503. The van der Waals surface area contributed by atoms with Crippen LogP contribution in [0.5, 0.6) is 0 Å². The van der Waals surface area contributed by atoms with E-state index in [0.29, 0.717) is 30.9 Å². The van der Waals surface area contributed by atoms with E-state index in [9.17, 15) is 28.8 Å². The van der Waals surface area contributed by atoms with Gasteiger partial charge in [0.15, 0.2) is 0 Å². The lowest BCUT2D eigenvalue weighted by Crippen LogP contribution is -2.35. The highest BCUT2D eigenvalue weighted by atomic mass is 16.5. The third kappa shape index (κ3) is 14.5. The number of para-hydroxylation sites is 4. The number of nitrogens with one attached hydrogen (secondary N) is 3. The Balaban J connectivity index is 0.000000142. The van der Waals surface area contributed by atoms with E-state index >= 15 is 0 Å². The number of amides is 7. The van der Waals surface area contributed by atoms with Gasteiger partial charge in [0, 0.05) is 101 Å². The van der Waals surface area contributed by atoms with Crippen LogP contribution in [0.3, 0.4) is 0 Å². The Morgan fingerprint density at radius 2 is 0.857 bits per heavy atom. The minimum atomic E-state index is -0.803. The number of hydrogen-bond acceptors (Lipinski definition) is 17. The first-order chi connectivity index (χ1) is 47.0. The van der Waals surface area contributed by atoms with Crippen LogP contribution in [0.4, 0.5) is 32.9 Å². The van der Waals surface area contributed by atoms with E-state index in [0.717, 1.165) is 103 Å². The molecule has 0 saturated heterocycles.